The fraction of sp³-hybridized carbons (Fsp3) is 0.333. The number of halogens is 2. The van der Waals surface area contributed by atoms with Crippen LogP contribution in [0.3, 0.4) is 0 Å². The predicted octanol–water partition coefficient (Wildman–Crippen LogP) is 2.76. The van der Waals surface area contributed by atoms with E-state index in [1.165, 1.54) is 28.6 Å². The Hall–Kier alpha value is -1.67. The first-order chi connectivity index (χ1) is 12.0. The van der Waals surface area contributed by atoms with Crippen molar-refractivity contribution in [2.45, 2.75) is 11.4 Å². The second kappa shape index (κ2) is 8.81. The normalized spacial score (nSPS) is 16.1. The van der Waals surface area contributed by atoms with E-state index in [4.69, 9.17) is 4.74 Å². The standard InChI is InChI=1S/C18H21FN2O3S.ClH/c1-24-16-8-6-15(7-9-16)14-20-10-12-21(13-11-20)25(22,23)18-5-3-2-4-17(18)19;/h2-9H,10-14H2,1H3;1H. The molecule has 0 amide bonds. The van der Waals surface area contributed by atoms with Gasteiger partial charge in [-0.05, 0) is 29.8 Å². The molecule has 2 aromatic carbocycles. The lowest BCUT2D eigenvalue weighted by atomic mass is 10.2. The highest BCUT2D eigenvalue weighted by Crippen LogP contribution is 2.21. The molecule has 0 bridgehead atoms. The van der Waals surface area contributed by atoms with Crippen molar-refractivity contribution >= 4 is 22.4 Å². The van der Waals surface area contributed by atoms with Crippen LogP contribution in [0.5, 0.6) is 5.75 Å². The van der Waals surface area contributed by atoms with E-state index in [9.17, 15) is 12.8 Å². The molecule has 26 heavy (non-hydrogen) atoms. The highest BCUT2D eigenvalue weighted by atomic mass is 35.5. The van der Waals surface area contributed by atoms with Gasteiger partial charge < -0.3 is 4.74 Å². The van der Waals surface area contributed by atoms with Gasteiger partial charge in [0.2, 0.25) is 10.0 Å². The lowest BCUT2D eigenvalue weighted by molar-refractivity contribution is 0.181. The van der Waals surface area contributed by atoms with Crippen LogP contribution in [0.15, 0.2) is 53.4 Å². The van der Waals surface area contributed by atoms with Crippen molar-refractivity contribution in [2.24, 2.45) is 0 Å². The smallest absolute Gasteiger partial charge is 0.246 e. The highest BCUT2D eigenvalue weighted by molar-refractivity contribution is 7.89. The maximum atomic E-state index is 13.8. The fourth-order valence-corrected chi connectivity index (χ4v) is 4.40. The van der Waals surface area contributed by atoms with E-state index in [2.05, 4.69) is 4.90 Å². The molecule has 0 saturated carbocycles. The van der Waals surface area contributed by atoms with Gasteiger partial charge in [-0.3, -0.25) is 4.90 Å². The van der Waals surface area contributed by atoms with Crippen molar-refractivity contribution in [3.05, 3.63) is 59.9 Å². The van der Waals surface area contributed by atoms with Crippen LogP contribution < -0.4 is 4.74 Å². The van der Waals surface area contributed by atoms with Crippen molar-refractivity contribution in [3.8, 4) is 5.75 Å². The Morgan fingerprint density at radius 3 is 2.19 bits per heavy atom. The molecule has 2 aromatic rings. The number of methoxy groups -OCH3 is 1. The van der Waals surface area contributed by atoms with E-state index < -0.39 is 15.8 Å². The number of rotatable bonds is 5. The molecule has 1 aliphatic heterocycles. The molecule has 0 atom stereocenters. The van der Waals surface area contributed by atoms with Gasteiger partial charge in [-0.1, -0.05) is 24.3 Å². The first-order valence-corrected chi connectivity index (χ1v) is 9.54. The molecule has 1 heterocycles. The third kappa shape index (κ3) is 4.54. The summed E-state index contributed by atoms with van der Waals surface area (Å²) in [5.74, 6) is 0.104. The first-order valence-electron chi connectivity index (χ1n) is 8.10. The molecule has 0 radical (unpaired) electrons. The van der Waals surface area contributed by atoms with Crippen LogP contribution in [0.1, 0.15) is 5.56 Å². The molecule has 3 rings (SSSR count). The minimum atomic E-state index is -3.78. The second-order valence-corrected chi connectivity index (χ2v) is 7.87. The first kappa shape index (κ1) is 20.6. The van der Waals surface area contributed by atoms with Crippen molar-refractivity contribution < 1.29 is 17.5 Å². The second-order valence-electron chi connectivity index (χ2n) is 5.96. The molecular formula is C18H22ClFN2O3S. The number of hydrogen-bond acceptors (Lipinski definition) is 4. The third-order valence-corrected chi connectivity index (χ3v) is 6.28. The summed E-state index contributed by atoms with van der Waals surface area (Å²) in [4.78, 5) is 1.94. The van der Waals surface area contributed by atoms with Crippen molar-refractivity contribution in [3.63, 3.8) is 0 Å². The molecule has 0 aliphatic carbocycles. The maximum Gasteiger partial charge on any atom is 0.246 e. The zero-order valence-corrected chi connectivity index (χ0v) is 16.1. The van der Waals surface area contributed by atoms with Crippen molar-refractivity contribution in [1.29, 1.82) is 0 Å². The Labute approximate surface area is 159 Å². The summed E-state index contributed by atoms with van der Waals surface area (Å²) in [6.45, 7) is 2.68. The molecule has 1 aliphatic rings. The number of benzene rings is 2. The molecule has 5 nitrogen and oxygen atoms in total. The van der Waals surface area contributed by atoms with Gasteiger partial charge in [0.25, 0.3) is 0 Å². The summed E-state index contributed by atoms with van der Waals surface area (Å²) >= 11 is 0. The number of hydrogen-bond donors (Lipinski definition) is 0. The van der Waals surface area contributed by atoms with Gasteiger partial charge in [0, 0.05) is 32.7 Å². The minimum Gasteiger partial charge on any atom is -0.497 e. The lowest BCUT2D eigenvalue weighted by Crippen LogP contribution is -2.48. The molecule has 0 spiro atoms. The van der Waals surface area contributed by atoms with Crippen LogP contribution in [-0.2, 0) is 16.6 Å². The number of sulfonamides is 1. The van der Waals surface area contributed by atoms with Gasteiger partial charge in [0.05, 0.1) is 7.11 Å². The lowest BCUT2D eigenvalue weighted by Gasteiger charge is -2.34. The minimum absolute atomic E-state index is 0. The van der Waals surface area contributed by atoms with Crippen LogP contribution in [0.2, 0.25) is 0 Å². The molecule has 8 heteroatoms. The van der Waals surface area contributed by atoms with Gasteiger partial charge in [-0.2, -0.15) is 4.31 Å². The Morgan fingerprint density at radius 2 is 1.62 bits per heavy atom. The van der Waals surface area contributed by atoms with Crippen LogP contribution in [0, 0.1) is 5.82 Å². The summed E-state index contributed by atoms with van der Waals surface area (Å²) < 4.78 is 45.5. The van der Waals surface area contributed by atoms with Crippen molar-refractivity contribution in [1.82, 2.24) is 9.21 Å². The van der Waals surface area contributed by atoms with Crippen LogP contribution in [0.4, 0.5) is 4.39 Å². The SMILES string of the molecule is COc1ccc(CN2CCN(S(=O)(=O)c3ccccc3F)CC2)cc1.Cl. The van der Waals surface area contributed by atoms with Crippen LogP contribution in [0.25, 0.3) is 0 Å². The molecule has 0 unspecified atom stereocenters. The molecule has 142 valence electrons. The van der Waals surface area contributed by atoms with Crippen molar-refractivity contribution in [2.75, 3.05) is 33.3 Å². The average Bonchev–Trinajstić information content (AvgIpc) is 2.63. The summed E-state index contributed by atoms with van der Waals surface area (Å²) in [5.41, 5.74) is 1.14. The van der Waals surface area contributed by atoms with E-state index in [0.717, 1.165) is 17.9 Å². The zero-order chi connectivity index (χ0) is 17.9. The van der Waals surface area contributed by atoms with E-state index >= 15 is 0 Å². The predicted molar refractivity (Wildman–Crippen MR) is 101 cm³/mol. The number of nitrogens with zero attached hydrogens (tertiary/aromatic N) is 2. The Bertz CT molecular complexity index is 823. The summed E-state index contributed by atoms with van der Waals surface area (Å²) in [5, 5.41) is 0. The molecular weight excluding hydrogens is 379 g/mol. The molecule has 1 fully saturated rings. The van der Waals surface area contributed by atoms with Gasteiger partial charge in [-0.25, -0.2) is 12.8 Å². The molecule has 0 aromatic heterocycles. The highest BCUT2D eigenvalue weighted by Gasteiger charge is 2.30. The van der Waals surface area contributed by atoms with E-state index in [1.54, 1.807) is 7.11 Å². The summed E-state index contributed by atoms with van der Waals surface area (Å²) in [7, 11) is -2.15. The van der Waals surface area contributed by atoms with E-state index in [0.29, 0.717) is 26.2 Å². The summed E-state index contributed by atoms with van der Waals surface area (Å²) in [6, 6.07) is 13.3. The maximum absolute atomic E-state index is 13.8. The Balaban J connectivity index is 0.00000243. The number of ether oxygens (including phenoxy) is 1. The fourth-order valence-electron chi connectivity index (χ4n) is 2.91. The molecule has 0 N–H and O–H groups in total. The molecule has 1 saturated heterocycles. The largest absolute Gasteiger partial charge is 0.497 e. The van der Waals surface area contributed by atoms with E-state index in [-0.39, 0.29) is 17.3 Å². The average molecular weight is 401 g/mol. The van der Waals surface area contributed by atoms with Crippen LogP contribution >= 0.6 is 12.4 Å². The van der Waals surface area contributed by atoms with Gasteiger partial charge in [0.15, 0.2) is 0 Å². The Morgan fingerprint density at radius 1 is 1.00 bits per heavy atom. The van der Waals surface area contributed by atoms with Crippen LogP contribution in [-0.4, -0.2) is 50.9 Å². The van der Waals surface area contributed by atoms with Gasteiger partial charge in [0.1, 0.15) is 16.5 Å². The quantitative estimate of drug-likeness (QED) is 0.774. The Kier molecular flexibility index (Phi) is 7.00. The zero-order valence-electron chi connectivity index (χ0n) is 14.5. The summed E-state index contributed by atoms with van der Waals surface area (Å²) in [6.07, 6.45) is 0. The topological polar surface area (TPSA) is 49.9 Å². The third-order valence-electron chi connectivity index (χ3n) is 4.35. The van der Waals surface area contributed by atoms with E-state index in [1.807, 2.05) is 24.3 Å². The van der Waals surface area contributed by atoms with Gasteiger partial charge in [-0.15, -0.1) is 12.4 Å². The monoisotopic (exact) mass is 400 g/mol. The number of piperazine rings is 1. The van der Waals surface area contributed by atoms with Gasteiger partial charge >= 0.3 is 0 Å².